The zero-order chi connectivity index (χ0) is 13.8. The second-order valence-corrected chi connectivity index (χ2v) is 5.09. The maximum atomic E-state index is 11.9. The van der Waals surface area contributed by atoms with Crippen LogP contribution in [0.4, 0.5) is 0 Å². The van der Waals surface area contributed by atoms with Gasteiger partial charge in [0.2, 0.25) is 0 Å². The molecule has 1 aromatic carbocycles. The van der Waals surface area contributed by atoms with Crippen LogP contribution >= 0.6 is 0 Å². The van der Waals surface area contributed by atoms with Crippen molar-refractivity contribution >= 4 is 11.9 Å². The fraction of sp³-hybridized carbons (Fsp3) is 0.429. The highest BCUT2D eigenvalue weighted by molar-refractivity contribution is 5.97. The fourth-order valence-corrected chi connectivity index (χ4v) is 1.34. The quantitative estimate of drug-likeness (QED) is 0.842. The maximum absolute atomic E-state index is 11.9. The Morgan fingerprint density at radius 1 is 1.28 bits per heavy atom. The van der Waals surface area contributed by atoms with E-state index < -0.39 is 5.97 Å². The number of carboxylic acids is 1. The number of hydrogen-bond donors (Lipinski definition) is 2. The van der Waals surface area contributed by atoms with E-state index in [0.717, 1.165) is 6.42 Å². The van der Waals surface area contributed by atoms with E-state index in [1.54, 1.807) is 12.1 Å². The van der Waals surface area contributed by atoms with Crippen molar-refractivity contribution in [1.82, 2.24) is 5.32 Å². The van der Waals surface area contributed by atoms with Gasteiger partial charge in [0.15, 0.2) is 0 Å². The van der Waals surface area contributed by atoms with Crippen molar-refractivity contribution in [3.05, 3.63) is 35.4 Å². The van der Waals surface area contributed by atoms with E-state index in [1.165, 1.54) is 12.1 Å². The molecule has 0 aliphatic heterocycles. The summed E-state index contributed by atoms with van der Waals surface area (Å²) < 4.78 is 0. The molecule has 2 N–H and O–H groups in total. The van der Waals surface area contributed by atoms with Crippen molar-refractivity contribution in [3.63, 3.8) is 0 Å². The molecule has 1 amide bonds. The van der Waals surface area contributed by atoms with Crippen LogP contribution in [0.15, 0.2) is 24.3 Å². The van der Waals surface area contributed by atoms with Gasteiger partial charge in [0.1, 0.15) is 0 Å². The minimum atomic E-state index is -1.03. The van der Waals surface area contributed by atoms with Crippen LogP contribution in [0.5, 0.6) is 0 Å². The second kappa shape index (κ2) is 5.67. The summed E-state index contributed by atoms with van der Waals surface area (Å²) in [4.78, 5) is 22.7. The number of rotatable bonds is 5. The van der Waals surface area contributed by atoms with Gasteiger partial charge in [0.25, 0.3) is 5.91 Å². The molecule has 0 heterocycles. The molecule has 0 saturated heterocycles. The molecule has 0 bridgehead atoms. The van der Waals surface area contributed by atoms with Crippen LogP contribution in [0, 0.1) is 5.41 Å². The molecule has 4 heteroatoms. The first kappa shape index (κ1) is 14.2. The van der Waals surface area contributed by atoms with E-state index in [2.05, 4.69) is 26.1 Å². The lowest BCUT2D eigenvalue weighted by Crippen LogP contribution is -2.33. The summed E-state index contributed by atoms with van der Waals surface area (Å²) in [5.74, 6) is -1.27. The van der Waals surface area contributed by atoms with Gasteiger partial charge in [-0.15, -0.1) is 0 Å². The van der Waals surface area contributed by atoms with E-state index in [0.29, 0.717) is 12.1 Å². The highest BCUT2D eigenvalue weighted by Crippen LogP contribution is 2.18. The number of hydrogen-bond acceptors (Lipinski definition) is 2. The molecule has 0 aromatic heterocycles. The summed E-state index contributed by atoms with van der Waals surface area (Å²) in [7, 11) is 0. The molecule has 0 aliphatic carbocycles. The lowest BCUT2D eigenvalue weighted by Gasteiger charge is -2.22. The summed E-state index contributed by atoms with van der Waals surface area (Å²) in [6.07, 6.45) is 0.961. The van der Waals surface area contributed by atoms with Crippen LogP contribution in [-0.4, -0.2) is 23.5 Å². The monoisotopic (exact) mass is 249 g/mol. The van der Waals surface area contributed by atoms with Crippen molar-refractivity contribution in [2.45, 2.75) is 27.2 Å². The second-order valence-electron chi connectivity index (χ2n) is 5.09. The van der Waals surface area contributed by atoms with Gasteiger partial charge < -0.3 is 10.4 Å². The Kier molecular flexibility index (Phi) is 4.48. The average Bonchev–Trinajstić information content (AvgIpc) is 2.36. The standard InChI is InChI=1S/C14H19NO3/c1-4-14(2,3)9-15-12(16)10-6-5-7-11(8-10)13(17)18/h5-8H,4,9H2,1-3H3,(H,15,16)(H,17,18). The third-order valence-corrected chi connectivity index (χ3v) is 3.06. The van der Waals surface area contributed by atoms with Crippen LogP contribution in [0.2, 0.25) is 0 Å². The van der Waals surface area contributed by atoms with Crippen molar-refractivity contribution in [3.8, 4) is 0 Å². The number of benzene rings is 1. The highest BCUT2D eigenvalue weighted by Gasteiger charge is 2.17. The third kappa shape index (κ3) is 3.87. The zero-order valence-corrected chi connectivity index (χ0v) is 11.0. The van der Waals surface area contributed by atoms with Crippen molar-refractivity contribution < 1.29 is 14.7 Å². The molecule has 18 heavy (non-hydrogen) atoms. The Hall–Kier alpha value is -1.84. The first-order valence-electron chi connectivity index (χ1n) is 5.97. The van der Waals surface area contributed by atoms with E-state index in [-0.39, 0.29) is 16.9 Å². The van der Waals surface area contributed by atoms with Crippen LogP contribution in [0.1, 0.15) is 47.9 Å². The number of amides is 1. The molecule has 0 atom stereocenters. The van der Waals surface area contributed by atoms with Crippen molar-refractivity contribution in [1.29, 1.82) is 0 Å². The van der Waals surface area contributed by atoms with Gasteiger partial charge in [-0.05, 0) is 30.0 Å². The summed E-state index contributed by atoms with van der Waals surface area (Å²) in [6, 6.07) is 6.04. The van der Waals surface area contributed by atoms with Crippen molar-refractivity contribution in [2.75, 3.05) is 6.54 Å². The van der Waals surface area contributed by atoms with Gasteiger partial charge in [-0.25, -0.2) is 4.79 Å². The highest BCUT2D eigenvalue weighted by atomic mass is 16.4. The molecule has 1 aromatic rings. The minimum Gasteiger partial charge on any atom is -0.478 e. The fourth-order valence-electron chi connectivity index (χ4n) is 1.34. The van der Waals surface area contributed by atoms with E-state index in [1.807, 2.05) is 0 Å². The lowest BCUT2D eigenvalue weighted by molar-refractivity contribution is 0.0697. The first-order valence-corrected chi connectivity index (χ1v) is 5.97. The van der Waals surface area contributed by atoms with Crippen molar-refractivity contribution in [2.24, 2.45) is 5.41 Å². The molecule has 0 saturated carbocycles. The molecule has 0 fully saturated rings. The van der Waals surface area contributed by atoms with E-state index in [4.69, 9.17) is 5.11 Å². The molecule has 0 radical (unpaired) electrons. The summed E-state index contributed by atoms with van der Waals surface area (Å²) in [6.45, 7) is 6.78. The normalized spacial score (nSPS) is 11.1. The molecule has 0 unspecified atom stereocenters. The Morgan fingerprint density at radius 3 is 2.44 bits per heavy atom. The number of aromatic carboxylic acids is 1. The molecule has 98 valence electrons. The predicted molar refractivity (Wildman–Crippen MR) is 69.8 cm³/mol. The van der Waals surface area contributed by atoms with Gasteiger partial charge in [0.05, 0.1) is 5.56 Å². The number of nitrogens with one attached hydrogen (secondary N) is 1. The third-order valence-electron chi connectivity index (χ3n) is 3.06. The molecular weight excluding hydrogens is 230 g/mol. The molecule has 0 spiro atoms. The van der Waals surface area contributed by atoms with Gasteiger partial charge >= 0.3 is 5.97 Å². The number of carbonyl (C=O) groups excluding carboxylic acids is 1. The average molecular weight is 249 g/mol. The van der Waals surface area contributed by atoms with Gasteiger partial charge in [-0.3, -0.25) is 4.79 Å². The first-order chi connectivity index (χ1) is 8.35. The van der Waals surface area contributed by atoms with E-state index in [9.17, 15) is 9.59 Å². The topological polar surface area (TPSA) is 66.4 Å². The van der Waals surface area contributed by atoms with Crippen LogP contribution in [0.25, 0.3) is 0 Å². The van der Waals surface area contributed by atoms with Crippen LogP contribution < -0.4 is 5.32 Å². The number of carbonyl (C=O) groups is 2. The molecule has 1 rings (SSSR count). The SMILES string of the molecule is CCC(C)(C)CNC(=O)c1cccc(C(=O)O)c1. The Balaban J connectivity index is 2.73. The largest absolute Gasteiger partial charge is 0.478 e. The molecule has 4 nitrogen and oxygen atoms in total. The predicted octanol–water partition coefficient (Wildman–Crippen LogP) is 2.55. The van der Waals surface area contributed by atoms with Gasteiger partial charge in [-0.2, -0.15) is 0 Å². The molecular formula is C14H19NO3. The van der Waals surface area contributed by atoms with Gasteiger partial charge in [-0.1, -0.05) is 26.8 Å². The Morgan fingerprint density at radius 2 is 1.89 bits per heavy atom. The maximum Gasteiger partial charge on any atom is 0.335 e. The smallest absolute Gasteiger partial charge is 0.335 e. The summed E-state index contributed by atoms with van der Waals surface area (Å²) in [5.41, 5.74) is 0.541. The Bertz CT molecular complexity index is 452. The zero-order valence-electron chi connectivity index (χ0n) is 11.0. The number of carboxylic acid groups (broad SMARTS) is 1. The summed E-state index contributed by atoms with van der Waals surface area (Å²) in [5, 5.41) is 11.7. The Labute approximate surface area is 107 Å². The van der Waals surface area contributed by atoms with E-state index >= 15 is 0 Å². The molecule has 0 aliphatic rings. The van der Waals surface area contributed by atoms with Crippen LogP contribution in [-0.2, 0) is 0 Å². The lowest BCUT2D eigenvalue weighted by atomic mass is 9.90. The summed E-state index contributed by atoms with van der Waals surface area (Å²) >= 11 is 0. The minimum absolute atomic E-state index is 0.0417. The van der Waals surface area contributed by atoms with Crippen LogP contribution in [0.3, 0.4) is 0 Å². The van der Waals surface area contributed by atoms with Gasteiger partial charge in [0, 0.05) is 12.1 Å².